The summed E-state index contributed by atoms with van der Waals surface area (Å²) >= 11 is 8.10. The quantitative estimate of drug-likeness (QED) is 0.346. The van der Waals surface area contributed by atoms with Gasteiger partial charge in [-0.25, -0.2) is 8.42 Å². The number of pyridine rings is 1. The van der Waals surface area contributed by atoms with Gasteiger partial charge in [0.05, 0.1) is 21.6 Å². The standard InChI is InChI=1S/C24H29ClN4O2S2/c1-19(27-33(30,31)23-11-10-22(25)24-21(23)9-5-12-26-24)29-16-14-28(15-17-29)13-6-18-32-20-7-3-2-4-8-20/h2-5,7-12,19,27H,6,13-18H2,1H3. The predicted octanol–water partition coefficient (Wildman–Crippen LogP) is 4.31. The Hall–Kier alpha value is -1.68. The fourth-order valence-corrected chi connectivity index (χ4v) is 6.58. The number of sulfonamides is 1. The molecule has 6 nitrogen and oxygen atoms in total. The molecule has 1 aliphatic rings. The maximum Gasteiger partial charge on any atom is 0.242 e. The Bertz CT molecular complexity index is 1170. The summed E-state index contributed by atoms with van der Waals surface area (Å²) in [5.41, 5.74) is 0.494. The van der Waals surface area contributed by atoms with Gasteiger partial charge in [-0.3, -0.25) is 9.88 Å². The number of nitrogens with one attached hydrogen (secondary N) is 1. The van der Waals surface area contributed by atoms with Crippen molar-refractivity contribution in [1.29, 1.82) is 0 Å². The highest BCUT2D eigenvalue weighted by Gasteiger charge is 2.26. The van der Waals surface area contributed by atoms with Crippen LogP contribution >= 0.6 is 23.4 Å². The zero-order valence-corrected chi connectivity index (χ0v) is 21.0. The van der Waals surface area contributed by atoms with Gasteiger partial charge in [0.1, 0.15) is 0 Å². The molecule has 2 aromatic carbocycles. The molecule has 0 radical (unpaired) electrons. The molecule has 1 atom stereocenters. The van der Waals surface area contributed by atoms with Crippen LogP contribution in [0.5, 0.6) is 0 Å². The van der Waals surface area contributed by atoms with E-state index in [2.05, 4.69) is 43.8 Å². The van der Waals surface area contributed by atoms with E-state index < -0.39 is 10.0 Å². The Labute approximate surface area is 205 Å². The lowest BCUT2D eigenvalue weighted by atomic mass is 10.2. The Morgan fingerprint density at radius 1 is 1.06 bits per heavy atom. The first-order valence-electron chi connectivity index (χ1n) is 11.1. The van der Waals surface area contributed by atoms with E-state index in [-0.39, 0.29) is 11.1 Å². The van der Waals surface area contributed by atoms with Gasteiger partial charge in [-0.2, -0.15) is 4.72 Å². The molecule has 0 spiro atoms. The monoisotopic (exact) mass is 504 g/mol. The first-order valence-corrected chi connectivity index (χ1v) is 14.0. The number of aromatic nitrogens is 1. The van der Waals surface area contributed by atoms with Crippen LogP contribution in [0.25, 0.3) is 10.9 Å². The summed E-state index contributed by atoms with van der Waals surface area (Å²) in [6.07, 6.45) is 2.45. The molecule has 2 heterocycles. The van der Waals surface area contributed by atoms with Gasteiger partial charge >= 0.3 is 0 Å². The molecule has 1 saturated heterocycles. The van der Waals surface area contributed by atoms with Crippen molar-refractivity contribution >= 4 is 44.3 Å². The van der Waals surface area contributed by atoms with Crippen molar-refractivity contribution in [3.63, 3.8) is 0 Å². The molecule has 1 aliphatic heterocycles. The number of rotatable bonds is 9. The molecular weight excluding hydrogens is 476 g/mol. The number of fused-ring (bicyclic) bond motifs is 1. The second kappa shape index (κ2) is 11.2. The highest BCUT2D eigenvalue weighted by atomic mass is 35.5. The van der Waals surface area contributed by atoms with Crippen LogP contribution in [0.15, 0.2) is 70.6 Å². The van der Waals surface area contributed by atoms with E-state index in [1.54, 1.807) is 30.5 Å². The Morgan fingerprint density at radius 3 is 2.58 bits per heavy atom. The molecule has 9 heteroatoms. The largest absolute Gasteiger partial charge is 0.301 e. The van der Waals surface area contributed by atoms with Gasteiger partial charge in [-0.15, -0.1) is 11.8 Å². The van der Waals surface area contributed by atoms with Crippen LogP contribution in [0.4, 0.5) is 0 Å². The Kier molecular flexibility index (Phi) is 8.27. The lowest BCUT2D eigenvalue weighted by molar-refractivity contribution is 0.0984. The second-order valence-electron chi connectivity index (χ2n) is 8.14. The first kappa shape index (κ1) is 24.4. The minimum Gasteiger partial charge on any atom is -0.301 e. The van der Waals surface area contributed by atoms with Crippen LogP contribution in [0.3, 0.4) is 0 Å². The molecule has 176 valence electrons. The summed E-state index contributed by atoms with van der Waals surface area (Å²) in [5.74, 6) is 1.10. The number of piperazine rings is 1. The van der Waals surface area contributed by atoms with Crippen LogP contribution in [0.2, 0.25) is 5.02 Å². The van der Waals surface area contributed by atoms with Crippen LogP contribution < -0.4 is 4.72 Å². The van der Waals surface area contributed by atoms with Crippen molar-refractivity contribution in [2.24, 2.45) is 0 Å². The van der Waals surface area contributed by atoms with Crippen molar-refractivity contribution < 1.29 is 8.42 Å². The summed E-state index contributed by atoms with van der Waals surface area (Å²) < 4.78 is 29.1. The molecule has 1 aromatic heterocycles. The third-order valence-electron chi connectivity index (χ3n) is 5.88. The van der Waals surface area contributed by atoms with Crippen molar-refractivity contribution in [1.82, 2.24) is 19.5 Å². The molecule has 1 N–H and O–H groups in total. The summed E-state index contributed by atoms with van der Waals surface area (Å²) in [5, 5.41) is 0.971. The van der Waals surface area contributed by atoms with E-state index in [1.165, 1.54) is 4.90 Å². The molecule has 3 aromatic rings. The van der Waals surface area contributed by atoms with Gasteiger partial charge < -0.3 is 4.90 Å². The molecule has 4 rings (SSSR count). The fourth-order valence-electron chi connectivity index (χ4n) is 4.08. The summed E-state index contributed by atoms with van der Waals surface area (Å²) in [7, 11) is -3.72. The van der Waals surface area contributed by atoms with E-state index in [9.17, 15) is 8.42 Å². The Morgan fingerprint density at radius 2 is 1.82 bits per heavy atom. The smallest absolute Gasteiger partial charge is 0.242 e. The summed E-state index contributed by atoms with van der Waals surface area (Å²) in [6.45, 7) is 6.51. The maximum atomic E-state index is 13.1. The average Bonchev–Trinajstić information content (AvgIpc) is 2.83. The number of hydrogen-bond acceptors (Lipinski definition) is 6. The number of nitrogens with zero attached hydrogens (tertiary/aromatic N) is 3. The zero-order valence-electron chi connectivity index (χ0n) is 18.7. The predicted molar refractivity (Wildman–Crippen MR) is 136 cm³/mol. The highest BCUT2D eigenvalue weighted by Crippen LogP contribution is 2.27. The molecule has 0 amide bonds. The molecule has 0 aliphatic carbocycles. The van der Waals surface area contributed by atoms with Crippen LogP contribution in [-0.2, 0) is 10.0 Å². The van der Waals surface area contributed by atoms with E-state index in [4.69, 9.17) is 11.6 Å². The minimum atomic E-state index is -3.72. The SMILES string of the molecule is CC(NS(=O)(=O)c1ccc(Cl)c2ncccc12)N1CCN(CCCSc2ccccc2)CC1. The van der Waals surface area contributed by atoms with Gasteiger partial charge in [-0.05, 0) is 62.0 Å². The van der Waals surface area contributed by atoms with Crippen LogP contribution in [-0.4, -0.2) is 67.8 Å². The molecule has 0 saturated carbocycles. The van der Waals surface area contributed by atoms with Crippen molar-refractivity contribution in [2.75, 3.05) is 38.5 Å². The third kappa shape index (κ3) is 6.26. The van der Waals surface area contributed by atoms with Crippen LogP contribution in [0.1, 0.15) is 13.3 Å². The van der Waals surface area contributed by atoms with E-state index >= 15 is 0 Å². The fraction of sp³-hybridized carbons (Fsp3) is 0.375. The van der Waals surface area contributed by atoms with Gasteiger partial charge in [0.25, 0.3) is 0 Å². The third-order valence-corrected chi connectivity index (χ3v) is 8.87. The van der Waals surface area contributed by atoms with Gasteiger partial charge in [-0.1, -0.05) is 29.8 Å². The number of halogens is 1. The van der Waals surface area contributed by atoms with Crippen LogP contribution in [0, 0.1) is 0 Å². The molecular formula is C24H29ClN4O2S2. The normalized spacial score (nSPS) is 16.8. The molecule has 0 bridgehead atoms. The number of benzene rings is 2. The Balaban J connectivity index is 1.28. The second-order valence-corrected chi connectivity index (χ2v) is 11.4. The van der Waals surface area contributed by atoms with Gasteiger partial charge in [0.15, 0.2) is 0 Å². The zero-order chi connectivity index (χ0) is 23.3. The number of thioether (sulfide) groups is 1. The molecule has 1 unspecified atom stereocenters. The van der Waals surface area contributed by atoms with E-state index in [1.807, 2.05) is 24.8 Å². The van der Waals surface area contributed by atoms with E-state index in [0.29, 0.717) is 15.9 Å². The minimum absolute atomic E-state index is 0.205. The summed E-state index contributed by atoms with van der Waals surface area (Å²) in [4.78, 5) is 10.4. The average molecular weight is 505 g/mol. The van der Waals surface area contributed by atoms with Gasteiger partial charge in [0.2, 0.25) is 10.0 Å². The van der Waals surface area contributed by atoms with Gasteiger partial charge in [0, 0.05) is 42.7 Å². The maximum absolute atomic E-state index is 13.1. The lowest BCUT2D eigenvalue weighted by Crippen LogP contribution is -2.54. The topological polar surface area (TPSA) is 65.5 Å². The highest BCUT2D eigenvalue weighted by molar-refractivity contribution is 7.99. The van der Waals surface area contributed by atoms with Crippen molar-refractivity contribution in [3.8, 4) is 0 Å². The number of hydrogen-bond donors (Lipinski definition) is 1. The van der Waals surface area contributed by atoms with Crippen molar-refractivity contribution in [2.45, 2.75) is 29.3 Å². The summed E-state index contributed by atoms with van der Waals surface area (Å²) in [6, 6.07) is 17.1. The molecule has 33 heavy (non-hydrogen) atoms. The van der Waals surface area contributed by atoms with E-state index in [0.717, 1.165) is 44.9 Å². The molecule has 1 fully saturated rings. The van der Waals surface area contributed by atoms with Crippen molar-refractivity contribution in [3.05, 3.63) is 65.8 Å². The lowest BCUT2D eigenvalue weighted by Gasteiger charge is -2.38. The first-order chi connectivity index (χ1) is 15.9.